The summed E-state index contributed by atoms with van der Waals surface area (Å²) in [4.78, 5) is 35.7. The maximum absolute atomic E-state index is 12.8. The van der Waals surface area contributed by atoms with Crippen molar-refractivity contribution in [3.8, 4) is 0 Å². The van der Waals surface area contributed by atoms with Crippen molar-refractivity contribution in [3.63, 3.8) is 0 Å². The van der Waals surface area contributed by atoms with Crippen molar-refractivity contribution in [2.45, 2.75) is 230 Å². The molecule has 14 heteroatoms. The van der Waals surface area contributed by atoms with Crippen LogP contribution in [0.25, 0.3) is 0 Å². The van der Waals surface area contributed by atoms with Gasteiger partial charge in [0.15, 0.2) is 6.10 Å². The summed E-state index contributed by atoms with van der Waals surface area (Å²) in [6.07, 6.45) is 27.6. The fraction of sp³-hybridized carbons (Fsp3) is 0.826. The van der Waals surface area contributed by atoms with Crippen LogP contribution in [0.5, 0.6) is 0 Å². The first-order valence-corrected chi connectivity index (χ1v) is 24.8. The van der Waals surface area contributed by atoms with Gasteiger partial charge >= 0.3 is 19.8 Å². The van der Waals surface area contributed by atoms with E-state index in [1.807, 2.05) is 0 Å². The lowest BCUT2D eigenvalue weighted by Crippen LogP contribution is -2.64. The number of unbranched alkanes of at least 4 members (excludes halogenated alkanes) is 20. The van der Waals surface area contributed by atoms with E-state index < -0.39 is 75.7 Å². The Morgan fingerprint density at radius 3 is 1.40 bits per heavy atom. The molecular formula is C46H83O13P. The minimum absolute atomic E-state index is 0.0863. The molecule has 0 aromatic rings. The van der Waals surface area contributed by atoms with E-state index in [9.17, 15) is 44.6 Å². The number of carbonyl (C=O) groups is 2. The van der Waals surface area contributed by atoms with Crippen molar-refractivity contribution < 1.29 is 63.1 Å². The third-order valence-electron chi connectivity index (χ3n) is 10.7. The van der Waals surface area contributed by atoms with Crippen LogP contribution in [0, 0.1) is 0 Å². The number of aliphatic hydroxyl groups is 5. The molecule has 0 heterocycles. The summed E-state index contributed by atoms with van der Waals surface area (Å²) in [5.41, 5.74) is 0. The van der Waals surface area contributed by atoms with Crippen molar-refractivity contribution in [3.05, 3.63) is 36.5 Å². The summed E-state index contributed by atoms with van der Waals surface area (Å²) in [5, 5.41) is 50.1. The number of carbonyl (C=O) groups excluding carboxylic acids is 2. The van der Waals surface area contributed by atoms with Crippen LogP contribution in [-0.2, 0) is 32.7 Å². The van der Waals surface area contributed by atoms with E-state index in [-0.39, 0.29) is 12.8 Å². The molecule has 1 aliphatic carbocycles. The van der Waals surface area contributed by atoms with Crippen LogP contribution in [0.2, 0.25) is 0 Å². The zero-order valence-electron chi connectivity index (χ0n) is 37.0. The average molecular weight is 875 g/mol. The Balaban J connectivity index is 2.47. The molecule has 0 saturated heterocycles. The number of allylic oxidation sites excluding steroid dienone is 6. The largest absolute Gasteiger partial charge is 0.472 e. The van der Waals surface area contributed by atoms with E-state index >= 15 is 0 Å². The van der Waals surface area contributed by atoms with Gasteiger partial charge in [0.25, 0.3) is 0 Å². The molecule has 1 aliphatic rings. The Kier molecular flexibility index (Phi) is 34.2. The van der Waals surface area contributed by atoms with Crippen LogP contribution in [0.3, 0.4) is 0 Å². The standard InChI is InChI=1S/C46H83O13P/c1-3-5-7-9-11-13-15-17-19-20-21-23-25-27-29-31-33-35-40(48)58-38(37-57-60(54,55)59-46-44(52)42(50)41(49)43(51)45(46)53)36-56-39(47)34-32-30-28-26-24-22-18-16-14-12-10-8-6-4-2/h11,13,16-19,38,41-46,49-53H,3-10,12,14-15,20-37H2,1-2H3,(H,54,55)/b13-11+,18-16+,19-17+/t38-,41?,42-,43?,44?,45?,46?/m1/s1. The molecule has 0 radical (unpaired) electrons. The first kappa shape index (κ1) is 56.1. The van der Waals surface area contributed by atoms with Gasteiger partial charge in [-0.2, -0.15) is 0 Å². The van der Waals surface area contributed by atoms with E-state index in [1.54, 1.807) is 0 Å². The highest BCUT2D eigenvalue weighted by atomic mass is 31.2. The smallest absolute Gasteiger partial charge is 0.462 e. The van der Waals surface area contributed by atoms with Crippen LogP contribution in [0.1, 0.15) is 187 Å². The van der Waals surface area contributed by atoms with Crippen LogP contribution in [-0.4, -0.2) is 98.3 Å². The third-order valence-corrected chi connectivity index (χ3v) is 11.7. The molecule has 60 heavy (non-hydrogen) atoms. The van der Waals surface area contributed by atoms with E-state index in [4.69, 9.17) is 18.5 Å². The van der Waals surface area contributed by atoms with Gasteiger partial charge in [-0.25, -0.2) is 4.57 Å². The number of ether oxygens (including phenoxy) is 2. The molecule has 0 amide bonds. The van der Waals surface area contributed by atoms with Crippen LogP contribution in [0.15, 0.2) is 36.5 Å². The van der Waals surface area contributed by atoms with E-state index in [0.29, 0.717) is 12.8 Å². The molecular weight excluding hydrogens is 791 g/mol. The summed E-state index contributed by atoms with van der Waals surface area (Å²) < 4.78 is 33.5. The number of hydrogen-bond acceptors (Lipinski definition) is 12. The van der Waals surface area contributed by atoms with Crippen molar-refractivity contribution in [2.75, 3.05) is 13.2 Å². The zero-order valence-corrected chi connectivity index (χ0v) is 37.9. The fourth-order valence-corrected chi connectivity index (χ4v) is 7.87. The predicted octanol–water partition coefficient (Wildman–Crippen LogP) is 9.00. The Hall–Kier alpha value is -1.93. The molecule has 6 N–H and O–H groups in total. The summed E-state index contributed by atoms with van der Waals surface area (Å²) in [6.45, 7) is 3.25. The summed E-state index contributed by atoms with van der Waals surface area (Å²) in [5.74, 6) is -1.12. The maximum atomic E-state index is 12.8. The summed E-state index contributed by atoms with van der Waals surface area (Å²) >= 11 is 0. The minimum atomic E-state index is -5.12. The molecule has 0 aliphatic heterocycles. The van der Waals surface area contributed by atoms with Gasteiger partial charge in [-0.05, 0) is 70.6 Å². The van der Waals surface area contributed by atoms with Crippen LogP contribution >= 0.6 is 7.82 Å². The number of esters is 2. The van der Waals surface area contributed by atoms with Crippen molar-refractivity contribution in [2.24, 2.45) is 0 Å². The number of hydrogen-bond donors (Lipinski definition) is 6. The predicted molar refractivity (Wildman–Crippen MR) is 235 cm³/mol. The second-order valence-electron chi connectivity index (χ2n) is 16.3. The minimum Gasteiger partial charge on any atom is -0.462 e. The average Bonchev–Trinajstić information content (AvgIpc) is 3.23. The van der Waals surface area contributed by atoms with Gasteiger partial charge < -0.3 is 39.9 Å². The van der Waals surface area contributed by atoms with E-state index in [2.05, 4.69) is 50.3 Å². The van der Waals surface area contributed by atoms with Gasteiger partial charge in [0.05, 0.1) is 6.61 Å². The van der Waals surface area contributed by atoms with Gasteiger partial charge in [-0.15, -0.1) is 0 Å². The van der Waals surface area contributed by atoms with Crippen molar-refractivity contribution in [1.29, 1.82) is 0 Å². The third kappa shape index (κ3) is 28.6. The highest BCUT2D eigenvalue weighted by Gasteiger charge is 2.51. The van der Waals surface area contributed by atoms with E-state index in [1.165, 1.54) is 51.4 Å². The topological polar surface area (TPSA) is 210 Å². The number of aliphatic hydroxyl groups excluding tert-OH is 5. The number of phosphoric acid groups is 1. The second-order valence-corrected chi connectivity index (χ2v) is 17.7. The summed E-state index contributed by atoms with van der Waals surface area (Å²) in [7, 11) is -5.12. The summed E-state index contributed by atoms with van der Waals surface area (Å²) in [6, 6.07) is 0. The highest BCUT2D eigenvalue weighted by Crippen LogP contribution is 2.47. The first-order chi connectivity index (χ1) is 28.9. The Morgan fingerprint density at radius 1 is 0.517 bits per heavy atom. The molecule has 0 bridgehead atoms. The lowest BCUT2D eigenvalue weighted by molar-refractivity contribution is -0.220. The lowest BCUT2D eigenvalue weighted by atomic mass is 9.85. The highest BCUT2D eigenvalue weighted by molar-refractivity contribution is 7.47. The maximum Gasteiger partial charge on any atom is 0.472 e. The van der Waals surface area contributed by atoms with Gasteiger partial charge in [-0.1, -0.05) is 140 Å². The molecule has 1 rings (SSSR count). The Bertz CT molecular complexity index is 1190. The molecule has 350 valence electrons. The molecule has 8 atom stereocenters. The normalized spacial score (nSPS) is 22.5. The fourth-order valence-electron chi connectivity index (χ4n) is 6.90. The first-order valence-electron chi connectivity index (χ1n) is 23.3. The van der Waals surface area contributed by atoms with Gasteiger partial charge in [0.1, 0.15) is 43.2 Å². The second kappa shape index (κ2) is 36.5. The Labute approximate surface area is 361 Å². The van der Waals surface area contributed by atoms with Gasteiger partial charge in [0, 0.05) is 12.8 Å². The molecule has 6 unspecified atom stereocenters. The van der Waals surface area contributed by atoms with Gasteiger partial charge in [-0.3, -0.25) is 18.6 Å². The monoisotopic (exact) mass is 875 g/mol. The number of rotatable bonds is 38. The van der Waals surface area contributed by atoms with Crippen molar-refractivity contribution >= 4 is 19.8 Å². The lowest BCUT2D eigenvalue weighted by Gasteiger charge is -2.41. The SMILES string of the molecule is CCCCC/C=C/C/C=C/CCCCCCCCCC(=O)O[C@H](COC(=O)CCCCCCC/C=C/CCCCCCC)COP(=O)(O)OC1C(O)C(O)C(O)[C@@H](O)C1O. The molecule has 1 saturated carbocycles. The van der Waals surface area contributed by atoms with Gasteiger partial charge in [0.2, 0.25) is 0 Å². The quantitative estimate of drug-likeness (QED) is 0.0148. The van der Waals surface area contributed by atoms with E-state index in [0.717, 1.165) is 96.3 Å². The van der Waals surface area contributed by atoms with Crippen LogP contribution < -0.4 is 0 Å². The van der Waals surface area contributed by atoms with Crippen molar-refractivity contribution in [1.82, 2.24) is 0 Å². The number of phosphoric ester groups is 1. The zero-order chi connectivity index (χ0) is 44.3. The van der Waals surface area contributed by atoms with Crippen LogP contribution in [0.4, 0.5) is 0 Å². The molecule has 1 fully saturated rings. The Morgan fingerprint density at radius 2 is 0.900 bits per heavy atom. The molecule has 0 aromatic heterocycles. The molecule has 0 aromatic carbocycles. The molecule has 13 nitrogen and oxygen atoms in total. The molecule has 0 spiro atoms.